The highest BCUT2D eigenvalue weighted by molar-refractivity contribution is 8.14. The van der Waals surface area contributed by atoms with Gasteiger partial charge in [-0.1, -0.05) is 43.8 Å². The van der Waals surface area contributed by atoms with Gasteiger partial charge in [-0.2, -0.15) is 0 Å². The van der Waals surface area contributed by atoms with Crippen molar-refractivity contribution in [3.05, 3.63) is 35.6 Å². The minimum atomic E-state index is -0.165. The predicted octanol–water partition coefficient (Wildman–Crippen LogP) is 3.60. The summed E-state index contributed by atoms with van der Waals surface area (Å²) < 4.78 is 13.6. The van der Waals surface area contributed by atoms with Crippen LogP contribution in [-0.4, -0.2) is 17.0 Å². The van der Waals surface area contributed by atoms with Crippen molar-refractivity contribution in [1.29, 1.82) is 0 Å². The van der Waals surface area contributed by atoms with Crippen LogP contribution in [0.15, 0.2) is 29.3 Å². The van der Waals surface area contributed by atoms with Gasteiger partial charge in [0, 0.05) is 10.8 Å². The zero-order valence-electron chi connectivity index (χ0n) is 11.0. The van der Waals surface area contributed by atoms with E-state index in [4.69, 9.17) is 0 Å². The lowest BCUT2D eigenvalue weighted by molar-refractivity contribution is 0.580. The summed E-state index contributed by atoms with van der Waals surface area (Å²) in [6, 6.07) is 6.82. The van der Waals surface area contributed by atoms with Crippen molar-refractivity contribution in [3.63, 3.8) is 0 Å². The monoisotopic (exact) mass is 266 g/mol. The fourth-order valence-electron chi connectivity index (χ4n) is 1.91. The molecule has 1 N–H and O–H groups in total. The molecule has 2 rings (SSSR count). The maximum atomic E-state index is 13.6. The molecule has 4 heteroatoms. The summed E-state index contributed by atoms with van der Waals surface area (Å²) in [6.07, 6.45) is 0. The fraction of sp³-hybridized carbons (Fsp3) is 0.500. The third-order valence-corrected chi connectivity index (χ3v) is 4.60. The number of rotatable bonds is 3. The quantitative estimate of drug-likeness (QED) is 0.904. The largest absolute Gasteiger partial charge is 0.358 e. The Morgan fingerprint density at radius 2 is 2.06 bits per heavy atom. The molecule has 0 amide bonds. The van der Waals surface area contributed by atoms with Crippen LogP contribution in [0.5, 0.6) is 0 Å². The minimum absolute atomic E-state index is 0.0524. The molecular weight excluding hydrogens is 247 g/mol. The molecule has 1 aromatic rings. The van der Waals surface area contributed by atoms with Crippen LogP contribution in [0, 0.1) is 11.7 Å². The van der Waals surface area contributed by atoms with Gasteiger partial charge >= 0.3 is 0 Å². The lowest BCUT2D eigenvalue weighted by Crippen LogP contribution is -2.24. The van der Waals surface area contributed by atoms with Crippen molar-refractivity contribution in [2.75, 3.05) is 6.54 Å². The molecule has 2 unspecified atom stereocenters. The standard InChI is InChI=1S/C14H19FN2S/c1-9(2)13-8-16-14(18-13)17-10(3)11-6-4-5-7-12(11)15/h4-7,9-10,13H,8H2,1-3H3,(H,16,17). The van der Waals surface area contributed by atoms with E-state index in [0.29, 0.717) is 16.7 Å². The van der Waals surface area contributed by atoms with E-state index in [1.807, 2.05) is 19.1 Å². The third-order valence-electron chi connectivity index (χ3n) is 3.13. The first kappa shape index (κ1) is 13.4. The Morgan fingerprint density at radius 1 is 1.33 bits per heavy atom. The van der Waals surface area contributed by atoms with Gasteiger partial charge in [0.2, 0.25) is 0 Å². The Kier molecular flexibility index (Phi) is 4.27. The topological polar surface area (TPSA) is 24.4 Å². The zero-order chi connectivity index (χ0) is 13.1. The van der Waals surface area contributed by atoms with Crippen LogP contribution in [0.2, 0.25) is 0 Å². The second-order valence-electron chi connectivity index (χ2n) is 4.93. The highest BCUT2D eigenvalue weighted by Crippen LogP contribution is 2.27. The summed E-state index contributed by atoms with van der Waals surface area (Å²) >= 11 is 1.76. The zero-order valence-corrected chi connectivity index (χ0v) is 11.8. The second kappa shape index (κ2) is 5.74. The molecular formula is C14H19FN2S. The van der Waals surface area contributed by atoms with Gasteiger partial charge in [-0.3, -0.25) is 4.99 Å². The average molecular weight is 266 g/mol. The Bertz CT molecular complexity index is 445. The van der Waals surface area contributed by atoms with Gasteiger partial charge < -0.3 is 5.32 Å². The number of hydrogen-bond acceptors (Lipinski definition) is 3. The minimum Gasteiger partial charge on any atom is -0.358 e. The summed E-state index contributed by atoms with van der Waals surface area (Å²) in [5, 5.41) is 4.77. The van der Waals surface area contributed by atoms with Gasteiger partial charge in [-0.25, -0.2) is 4.39 Å². The molecule has 1 aliphatic rings. The number of halogens is 1. The number of nitrogens with one attached hydrogen (secondary N) is 1. The van der Waals surface area contributed by atoms with Crippen molar-refractivity contribution in [3.8, 4) is 0 Å². The Hall–Kier alpha value is -1.03. The molecule has 2 atom stereocenters. The Balaban J connectivity index is 1.97. The van der Waals surface area contributed by atoms with Crippen molar-refractivity contribution in [1.82, 2.24) is 5.32 Å². The van der Waals surface area contributed by atoms with Crippen molar-refractivity contribution in [2.45, 2.75) is 32.1 Å². The van der Waals surface area contributed by atoms with E-state index in [9.17, 15) is 4.39 Å². The molecule has 0 spiro atoms. The SMILES string of the molecule is CC(NC1=NCC(C(C)C)S1)c1ccccc1F. The first-order chi connectivity index (χ1) is 8.58. The van der Waals surface area contributed by atoms with Crippen LogP contribution < -0.4 is 5.32 Å². The lowest BCUT2D eigenvalue weighted by Gasteiger charge is -2.17. The first-order valence-corrected chi connectivity index (χ1v) is 7.18. The van der Waals surface area contributed by atoms with Crippen molar-refractivity contribution < 1.29 is 4.39 Å². The van der Waals surface area contributed by atoms with Gasteiger partial charge in [0.05, 0.1) is 12.6 Å². The van der Waals surface area contributed by atoms with Crippen LogP contribution in [-0.2, 0) is 0 Å². The molecule has 98 valence electrons. The Morgan fingerprint density at radius 3 is 2.67 bits per heavy atom. The summed E-state index contributed by atoms with van der Waals surface area (Å²) in [7, 11) is 0. The highest BCUT2D eigenvalue weighted by Gasteiger charge is 2.23. The van der Waals surface area contributed by atoms with Crippen LogP contribution in [0.4, 0.5) is 4.39 Å². The van der Waals surface area contributed by atoms with Gasteiger partial charge in [-0.15, -0.1) is 0 Å². The van der Waals surface area contributed by atoms with Crippen LogP contribution in [0.3, 0.4) is 0 Å². The molecule has 1 aromatic carbocycles. The van der Waals surface area contributed by atoms with E-state index in [0.717, 1.165) is 11.7 Å². The summed E-state index contributed by atoms with van der Waals surface area (Å²) in [4.78, 5) is 4.48. The molecule has 0 saturated carbocycles. The number of aliphatic imine (C=N–C) groups is 1. The molecule has 18 heavy (non-hydrogen) atoms. The van der Waals surface area contributed by atoms with Gasteiger partial charge in [0.1, 0.15) is 5.82 Å². The average Bonchev–Trinajstić information content (AvgIpc) is 2.78. The van der Waals surface area contributed by atoms with Gasteiger partial charge in [0.15, 0.2) is 5.17 Å². The van der Waals surface area contributed by atoms with Crippen LogP contribution >= 0.6 is 11.8 Å². The second-order valence-corrected chi connectivity index (χ2v) is 6.16. The van der Waals surface area contributed by atoms with E-state index in [2.05, 4.69) is 24.2 Å². The molecule has 0 aromatic heterocycles. The molecule has 0 saturated heterocycles. The smallest absolute Gasteiger partial charge is 0.157 e. The van der Waals surface area contributed by atoms with Crippen LogP contribution in [0.25, 0.3) is 0 Å². The summed E-state index contributed by atoms with van der Waals surface area (Å²) in [6.45, 7) is 7.23. The normalized spacial score (nSPS) is 20.9. The molecule has 2 nitrogen and oxygen atoms in total. The fourth-order valence-corrected chi connectivity index (χ4v) is 3.01. The van der Waals surface area contributed by atoms with Crippen molar-refractivity contribution in [2.24, 2.45) is 10.9 Å². The molecule has 1 aliphatic heterocycles. The van der Waals surface area contributed by atoms with E-state index in [1.165, 1.54) is 6.07 Å². The van der Waals surface area contributed by atoms with Gasteiger partial charge in [0.25, 0.3) is 0 Å². The number of thioether (sulfide) groups is 1. The Labute approximate surface area is 112 Å². The van der Waals surface area contributed by atoms with Crippen LogP contribution in [0.1, 0.15) is 32.4 Å². The molecule has 0 aliphatic carbocycles. The maximum Gasteiger partial charge on any atom is 0.157 e. The molecule has 1 heterocycles. The lowest BCUT2D eigenvalue weighted by atomic mass is 10.1. The maximum absolute atomic E-state index is 13.6. The number of nitrogens with zero attached hydrogens (tertiary/aromatic N) is 1. The van der Waals surface area contributed by atoms with E-state index in [1.54, 1.807) is 17.8 Å². The molecule has 0 fully saturated rings. The third kappa shape index (κ3) is 3.05. The molecule has 0 radical (unpaired) electrons. The number of benzene rings is 1. The van der Waals surface area contributed by atoms with Crippen molar-refractivity contribution >= 4 is 16.9 Å². The van der Waals surface area contributed by atoms with E-state index in [-0.39, 0.29) is 11.9 Å². The van der Waals surface area contributed by atoms with E-state index >= 15 is 0 Å². The van der Waals surface area contributed by atoms with E-state index < -0.39 is 0 Å². The molecule has 0 bridgehead atoms. The summed E-state index contributed by atoms with van der Waals surface area (Å²) in [5.41, 5.74) is 0.689. The summed E-state index contributed by atoms with van der Waals surface area (Å²) in [5.74, 6) is 0.448. The number of amidine groups is 1. The number of hydrogen-bond donors (Lipinski definition) is 1. The first-order valence-electron chi connectivity index (χ1n) is 6.30. The van der Waals surface area contributed by atoms with Gasteiger partial charge in [-0.05, 0) is 18.9 Å². The predicted molar refractivity (Wildman–Crippen MR) is 76.5 cm³/mol. The highest BCUT2D eigenvalue weighted by atomic mass is 32.2.